The Hall–Kier alpha value is -6.98. The fourth-order valence-corrected chi connectivity index (χ4v) is 11.8. The Morgan fingerprint density at radius 3 is 1.55 bits per heavy atom. The molecule has 0 saturated heterocycles. The summed E-state index contributed by atoms with van der Waals surface area (Å²) in [6.07, 6.45) is 0. The molecule has 0 fully saturated rings. The summed E-state index contributed by atoms with van der Waals surface area (Å²) in [6, 6.07) is 69.0. The van der Waals surface area contributed by atoms with E-state index in [-0.39, 0.29) is 0 Å². The van der Waals surface area contributed by atoms with Crippen LogP contribution in [0.3, 0.4) is 0 Å². The van der Waals surface area contributed by atoms with Crippen molar-refractivity contribution in [1.82, 2.24) is 4.57 Å². The fourth-order valence-electron chi connectivity index (χ4n) is 9.32. The molecular formula is C54H31NOS2. The van der Waals surface area contributed by atoms with Crippen molar-refractivity contribution in [2.24, 2.45) is 0 Å². The summed E-state index contributed by atoms with van der Waals surface area (Å²) in [7, 11) is 0. The van der Waals surface area contributed by atoms with Crippen LogP contribution in [-0.2, 0) is 0 Å². The van der Waals surface area contributed by atoms with Crippen LogP contribution in [0.25, 0.3) is 123 Å². The van der Waals surface area contributed by atoms with Gasteiger partial charge in [-0.25, -0.2) is 0 Å². The third-order valence-electron chi connectivity index (χ3n) is 12.0. The van der Waals surface area contributed by atoms with Crippen molar-refractivity contribution >= 4 is 107 Å². The van der Waals surface area contributed by atoms with E-state index in [1.54, 1.807) is 0 Å². The van der Waals surface area contributed by atoms with Crippen molar-refractivity contribution < 1.29 is 4.42 Å². The molecule has 0 aliphatic carbocycles. The van der Waals surface area contributed by atoms with E-state index >= 15 is 0 Å². The number of benzene rings is 9. The first kappa shape index (κ1) is 32.1. The first-order valence-electron chi connectivity index (χ1n) is 19.7. The maximum Gasteiger partial charge on any atom is 0.136 e. The molecule has 0 unspecified atom stereocenters. The van der Waals surface area contributed by atoms with Gasteiger partial charge in [0.2, 0.25) is 0 Å². The lowest BCUT2D eigenvalue weighted by atomic mass is 9.99. The Labute approximate surface area is 341 Å². The van der Waals surface area contributed by atoms with Crippen molar-refractivity contribution in [3.8, 4) is 39.1 Å². The SMILES string of the molecule is c1cc(-c2cccc3c2sc2ccccc23)cc(-n2c3ccc(-c4ccc5c(c4)oc4ccccc45)cc3c3cc(-c4cccc5c4sc4ccccc45)ccc32)c1. The molecule has 58 heavy (non-hydrogen) atoms. The summed E-state index contributed by atoms with van der Waals surface area (Å²) in [4.78, 5) is 0. The molecule has 2 nitrogen and oxygen atoms in total. The molecule has 4 heteroatoms. The second-order valence-corrected chi connectivity index (χ2v) is 17.3. The van der Waals surface area contributed by atoms with Gasteiger partial charge in [0.25, 0.3) is 0 Å². The Balaban J connectivity index is 1.03. The van der Waals surface area contributed by atoms with Crippen molar-refractivity contribution in [2.45, 2.75) is 0 Å². The summed E-state index contributed by atoms with van der Waals surface area (Å²) >= 11 is 3.77. The van der Waals surface area contributed by atoms with Crippen molar-refractivity contribution in [1.29, 1.82) is 0 Å². The van der Waals surface area contributed by atoms with Crippen LogP contribution in [0.15, 0.2) is 192 Å². The maximum absolute atomic E-state index is 6.34. The van der Waals surface area contributed by atoms with E-state index in [0.717, 1.165) is 38.8 Å². The summed E-state index contributed by atoms with van der Waals surface area (Å²) in [5.74, 6) is 0. The van der Waals surface area contributed by atoms with Crippen molar-refractivity contribution in [3.63, 3.8) is 0 Å². The van der Waals surface area contributed by atoms with E-state index < -0.39 is 0 Å². The van der Waals surface area contributed by atoms with E-state index in [4.69, 9.17) is 4.42 Å². The molecule has 270 valence electrons. The Kier molecular flexibility index (Phi) is 6.79. The standard InChI is InChI=1S/C54H31NOS2/c1-4-19-49-39(12-1)40-25-22-33(31-50(40)56-49)32-23-26-47-45(29-32)46-30-35(38-16-9-18-44-42-14-3-6-21-52(42)58-54(38)44)24-27-48(46)55(47)36-11-7-10-34(28-36)37-15-8-17-43-41-13-2-5-20-51(41)57-53(37)43/h1-31H. The minimum absolute atomic E-state index is 0.908. The van der Waals surface area contributed by atoms with Gasteiger partial charge in [0.1, 0.15) is 11.2 Å². The highest BCUT2D eigenvalue weighted by Gasteiger charge is 2.18. The molecular weight excluding hydrogens is 743 g/mol. The van der Waals surface area contributed by atoms with Gasteiger partial charge < -0.3 is 8.98 Å². The van der Waals surface area contributed by atoms with E-state index in [2.05, 4.69) is 180 Å². The van der Waals surface area contributed by atoms with Gasteiger partial charge in [-0.05, 0) is 100 Å². The highest BCUT2D eigenvalue weighted by atomic mass is 32.1. The predicted molar refractivity (Wildman–Crippen MR) is 250 cm³/mol. The van der Waals surface area contributed by atoms with Gasteiger partial charge in [-0.15, -0.1) is 22.7 Å². The van der Waals surface area contributed by atoms with Gasteiger partial charge in [0.05, 0.1) is 11.0 Å². The first-order valence-corrected chi connectivity index (χ1v) is 21.3. The van der Waals surface area contributed by atoms with E-state index in [9.17, 15) is 0 Å². The molecule has 0 saturated carbocycles. The second-order valence-electron chi connectivity index (χ2n) is 15.2. The molecule has 0 spiro atoms. The van der Waals surface area contributed by atoms with E-state index in [1.807, 2.05) is 34.8 Å². The number of aromatic nitrogens is 1. The summed E-state index contributed by atoms with van der Waals surface area (Å²) in [5.41, 5.74) is 12.6. The topological polar surface area (TPSA) is 18.1 Å². The minimum Gasteiger partial charge on any atom is -0.456 e. The van der Waals surface area contributed by atoms with Crippen LogP contribution in [0.5, 0.6) is 0 Å². The van der Waals surface area contributed by atoms with Crippen LogP contribution in [0.4, 0.5) is 0 Å². The number of hydrogen-bond donors (Lipinski definition) is 0. The maximum atomic E-state index is 6.34. The fraction of sp³-hybridized carbons (Fsp3) is 0. The third-order valence-corrected chi connectivity index (χ3v) is 14.5. The lowest BCUT2D eigenvalue weighted by molar-refractivity contribution is 0.669. The second kappa shape index (κ2) is 12.3. The molecule has 0 N–H and O–H groups in total. The molecule has 0 radical (unpaired) electrons. The summed E-state index contributed by atoms with van der Waals surface area (Å²) in [6.45, 7) is 0. The Morgan fingerprint density at radius 2 is 0.845 bits per heavy atom. The largest absolute Gasteiger partial charge is 0.456 e. The minimum atomic E-state index is 0.908. The normalized spacial score (nSPS) is 12.1. The monoisotopic (exact) mass is 773 g/mol. The highest BCUT2D eigenvalue weighted by molar-refractivity contribution is 7.26. The molecule has 0 atom stereocenters. The number of nitrogens with zero attached hydrogens (tertiary/aromatic N) is 1. The third kappa shape index (κ3) is 4.70. The lowest BCUT2D eigenvalue weighted by Gasteiger charge is -2.12. The average Bonchev–Trinajstić information content (AvgIpc) is 4.04. The number of furan rings is 1. The number of fused-ring (bicyclic) bond motifs is 12. The Morgan fingerprint density at radius 1 is 0.328 bits per heavy atom. The lowest BCUT2D eigenvalue weighted by Crippen LogP contribution is -1.94. The highest BCUT2D eigenvalue weighted by Crippen LogP contribution is 2.44. The molecule has 0 aliphatic heterocycles. The Bertz CT molecular complexity index is 3820. The number of rotatable bonds is 4. The van der Waals surface area contributed by atoms with Gasteiger partial charge in [-0.3, -0.25) is 0 Å². The van der Waals surface area contributed by atoms with Crippen LogP contribution >= 0.6 is 22.7 Å². The average molecular weight is 774 g/mol. The molecule has 0 amide bonds. The quantitative estimate of drug-likeness (QED) is 0.174. The van der Waals surface area contributed by atoms with Gasteiger partial charge in [-0.2, -0.15) is 0 Å². The van der Waals surface area contributed by atoms with Crippen LogP contribution in [0.1, 0.15) is 0 Å². The van der Waals surface area contributed by atoms with Gasteiger partial charge >= 0.3 is 0 Å². The molecule has 13 aromatic rings. The van der Waals surface area contributed by atoms with Crippen LogP contribution in [0, 0.1) is 0 Å². The number of para-hydroxylation sites is 1. The van der Waals surface area contributed by atoms with E-state index in [0.29, 0.717) is 0 Å². The molecule has 4 aromatic heterocycles. The zero-order valence-corrected chi connectivity index (χ0v) is 32.7. The number of thiophene rings is 2. The van der Waals surface area contributed by atoms with Crippen molar-refractivity contribution in [2.75, 3.05) is 0 Å². The van der Waals surface area contributed by atoms with Crippen LogP contribution in [0.2, 0.25) is 0 Å². The zero-order chi connectivity index (χ0) is 37.9. The zero-order valence-electron chi connectivity index (χ0n) is 31.1. The predicted octanol–water partition coefficient (Wildman–Crippen LogP) is 16.4. The van der Waals surface area contributed by atoms with Crippen LogP contribution < -0.4 is 0 Å². The van der Waals surface area contributed by atoms with E-state index in [1.165, 1.54) is 84.4 Å². The molecule has 4 heterocycles. The van der Waals surface area contributed by atoms with Gasteiger partial charge in [-0.1, -0.05) is 121 Å². The van der Waals surface area contributed by atoms with Gasteiger partial charge in [0.15, 0.2) is 0 Å². The molecule has 0 bridgehead atoms. The van der Waals surface area contributed by atoms with Gasteiger partial charge in [0, 0.05) is 67.6 Å². The molecule has 9 aromatic carbocycles. The smallest absolute Gasteiger partial charge is 0.136 e. The molecule has 13 rings (SSSR count). The summed E-state index contributed by atoms with van der Waals surface area (Å²) in [5, 5.41) is 10.0. The molecule has 0 aliphatic rings. The number of hydrogen-bond acceptors (Lipinski definition) is 3. The van der Waals surface area contributed by atoms with Crippen molar-refractivity contribution in [3.05, 3.63) is 188 Å². The first-order chi connectivity index (χ1) is 28.7. The summed E-state index contributed by atoms with van der Waals surface area (Å²) < 4.78 is 14.1. The van der Waals surface area contributed by atoms with Crippen LogP contribution in [-0.4, -0.2) is 4.57 Å².